The molecule has 0 bridgehead atoms. The highest BCUT2D eigenvalue weighted by Crippen LogP contribution is 2.48. The molecule has 1 N–H and O–H groups in total. The monoisotopic (exact) mass is 393 g/mol. The summed E-state index contributed by atoms with van der Waals surface area (Å²) in [5, 5.41) is 10.5. The molecule has 2 nitrogen and oxygen atoms in total. The van der Waals surface area contributed by atoms with Crippen LogP contribution < -0.4 is 0 Å². The molecular formula is C27H39NO. The van der Waals surface area contributed by atoms with Gasteiger partial charge in [0, 0.05) is 5.92 Å². The molecule has 0 spiro atoms. The number of unbranched alkanes of at least 4 members (excludes halogenated alkanes) is 2. The van der Waals surface area contributed by atoms with E-state index < -0.39 is 0 Å². The van der Waals surface area contributed by atoms with E-state index in [0.29, 0.717) is 17.8 Å². The van der Waals surface area contributed by atoms with Crippen LogP contribution in [-0.4, -0.2) is 36.8 Å². The number of hydrogen-bond acceptors (Lipinski definition) is 2. The van der Waals surface area contributed by atoms with Crippen molar-refractivity contribution in [3.8, 4) is 0 Å². The number of benzene rings is 1. The zero-order chi connectivity index (χ0) is 20.6. The molecule has 1 aromatic rings. The fourth-order valence-electron chi connectivity index (χ4n) is 5.06. The van der Waals surface area contributed by atoms with Crippen molar-refractivity contribution in [3.63, 3.8) is 0 Å². The van der Waals surface area contributed by atoms with Crippen molar-refractivity contribution in [2.45, 2.75) is 58.0 Å². The summed E-state index contributed by atoms with van der Waals surface area (Å²) in [6.07, 6.45) is 19.4. The van der Waals surface area contributed by atoms with Crippen LogP contribution in [-0.2, 0) is 6.42 Å². The molecule has 0 radical (unpaired) electrons. The molecule has 0 saturated heterocycles. The molecular weight excluding hydrogens is 354 g/mol. The van der Waals surface area contributed by atoms with E-state index in [4.69, 9.17) is 0 Å². The van der Waals surface area contributed by atoms with E-state index >= 15 is 0 Å². The Bertz CT molecular complexity index is 730. The van der Waals surface area contributed by atoms with Crippen molar-refractivity contribution in [1.29, 1.82) is 0 Å². The normalized spacial score (nSPS) is 26.7. The van der Waals surface area contributed by atoms with Gasteiger partial charge >= 0.3 is 0 Å². The Kier molecular flexibility index (Phi) is 8.32. The van der Waals surface area contributed by atoms with Crippen LogP contribution in [0.3, 0.4) is 0 Å². The summed E-state index contributed by atoms with van der Waals surface area (Å²) < 4.78 is 0. The molecule has 158 valence electrons. The Morgan fingerprint density at radius 2 is 2.00 bits per heavy atom. The number of allylic oxidation sites excluding steroid dienone is 5. The Labute approximate surface area is 178 Å². The third-order valence-electron chi connectivity index (χ3n) is 6.57. The first-order valence-electron chi connectivity index (χ1n) is 11.4. The van der Waals surface area contributed by atoms with Crippen LogP contribution in [0.1, 0.15) is 49.7 Å². The first kappa shape index (κ1) is 22.1. The Morgan fingerprint density at radius 1 is 1.14 bits per heavy atom. The van der Waals surface area contributed by atoms with Gasteiger partial charge in [-0.1, -0.05) is 72.2 Å². The molecule has 0 amide bonds. The molecule has 4 atom stereocenters. The van der Waals surface area contributed by atoms with E-state index in [9.17, 15) is 5.11 Å². The predicted octanol–water partition coefficient (Wildman–Crippen LogP) is 5.72. The number of hydrogen-bond donors (Lipinski definition) is 1. The first-order chi connectivity index (χ1) is 14.0. The minimum absolute atomic E-state index is 0.177. The maximum absolute atomic E-state index is 10.5. The lowest BCUT2D eigenvalue weighted by Crippen LogP contribution is -2.16. The van der Waals surface area contributed by atoms with Gasteiger partial charge in [-0.15, -0.1) is 0 Å². The van der Waals surface area contributed by atoms with Gasteiger partial charge in [0.15, 0.2) is 0 Å². The molecule has 1 saturated carbocycles. The third-order valence-corrected chi connectivity index (χ3v) is 6.57. The highest BCUT2D eigenvalue weighted by atomic mass is 16.3. The van der Waals surface area contributed by atoms with E-state index in [2.05, 4.69) is 80.6 Å². The van der Waals surface area contributed by atoms with Gasteiger partial charge in [0.05, 0.1) is 6.10 Å². The van der Waals surface area contributed by atoms with Crippen LogP contribution in [0, 0.1) is 24.7 Å². The van der Waals surface area contributed by atoms with Gasteiger partial charge in [0.25, 0.3) is 0 Å². The summed E-state index contributed by atoms with van der Waals surface area (Å²) in [5.41, 5.74) is 4.31. The van der Waals surface area contributed by atoms with Crippen molar-refractivity contribution >= 4 is 0 Å². The van der Waals surface area contributed by atoms with Gasteiger partial charge in [-0.2, -0.15) is 0 Å². The van der Waals surface area contributed by atoms with E-state index in [1.165, 1.54) is 49.8 Å². The standard InChI is InChI=1S/C27H39NO/c1-21-11-10-14-22(17-21)12-6-4-8-15-25-26-19-23(18-24(26)20-27(25)29)13-7-5-9-16-28(2)3/h4,6,8,10-11,14-15,17-18,24-27,29H,5,7,9,12-13,16,19-20H2,1-3H3/t24-,25+,26-,27+/m0/s1. The van der Waals surface area contributed by atoms with Gasteiger partial charge in [-0.3, -0.25) is 0 Å². The zero-order valence-corrected chi connectivity index (χ0v) is 18.6. The van der Waals surface area contributed by atoms with E-state index in [0.717, 1.165) is 12.8 Å². The first-order valence-corrected chi connectivity index (χ1v) is 11.4. The molecule has 3 rings (SSSR count). The third kappa shape index (κ3) is 6.69. The molecule has 1 fully saturated rings. The zero-order valence-electron chi connectivity index (χ0n) is 18.6. The summed E-state index contributed by atoms with van der Waals surface area (Å²) in [6.45, 7) is 3.33. The summed E-state index contributed by atoms with van der Waals surface area (Å²) in [7, 11) is 4.30. The van der Waals surface area contributed by atoms with Crippen molar-refractivity contribution in [1.82, 2.24) is 4.90 Å². The summed E-state index contributed by atoms with van der Waals surface area (Å²) in [5.74, 6) is 1.52. The number of aliphatic hydroxyl groups excluding tert-OH is 1. The van der Waals surface area contributed by atoms with E-state index in [1.54, 1.807) is 5.57 Å². The van der Waals surface area contributed by atoms with E-state index in [1.807, 2.05) is 0 Å². The summed E-state index contributed by atoms with van der Waals surface area (Å²) in [6, 6.07) is 8.68. The Hall–Kier alpha value is -1.64. The maximum atomic E-state index is 10.5. The van der Waals surface area contributed by atoms with E-state index in [-0.39, 0.29) is 6.10 Å². The number of nitrogens with zero attached hydrogens (tertiary/aromatic N) is 1. The molecule has 0 aliphatic heterocycles. The number of aryl methyl sites for hydroxylation is 1. The summed E-state index contributed by atoms with van der Waals surface area (Å²) >= 11 is 0. The fraction of sp³-hybridized carbons (Fsp3) is 0.556. The lowest BCUT2D eigenvalue weighted by Gasteiger charge is -2.18. The topological polar surface area (TPSA) is 23.5 Å². The van der Waals surface area contributed by atoms with Gasteiger partial charge < -0.3 is 10.0 Å². The van der Waals surface area contributed by atoms with Crippen LogP contribution in [0.15, 0.2) is 60.2 Å². The van der Waals surface area contributed by atoms with Gasteiger partial charge in [-0.05, 0) is 83.5 Å². The smallest absolute Gasteiger partial charge is 0.0611 e. The summed E-state index contributed by atoms with van der Waals surface area (Å²) in [4.78, 5) is 2.27. The van der Waals surface area contributed by atoms with Crippen molar-refractivity contribution < 1.29 is 5.11 Å². The van der Waals surface area contributed by atoms with Crippen molar-refractivity contribution in [2.75, 3.05) is 20.6 Å². The van der Waals surface area contributed by atoms with Crippen LogP contribution in [0.5, 0.6) is 0 Å². The Morgan fingerprint density at radius 3 is 2.79 bits per heavy atom. The van der Waals surface area contributed by atoms with Crippen LogP contribution in [0.2, 0.25) is 0 Å². The molecule has 1 aromatic carbocycles. The molecule has 29 heavy (non-hydrogen) atoms. The lowest BCUT2D eigenvalue weighted by atomic mass is 9.89. The highest BCUT2D eigenvalue weighted by Gasteiger charge is 2.42. The van der Waals surface area contributed by atoms with Crippen molar-refractivity contribution in [2.24, 2.45) is 17.8 Å². The fourth-order valence-corrected chi connectivity index (χ4v) is 5.06. The largest absolute Gasteiger partial charge is 0.392 e. The number of rotatable bonds is 10. The van der Waals surface area contributed by atoms with Crippen LogP contribution >= 0.6 is 0 Å². The second kappa shape index (κ2) is 10.9. The molecule has 0 aromatic heterocycles. The quantitative estimate of drug-likeness (QED) is 0.312. The lowest BCUT2D eigenvalue weighted by molar-refractivity contribution is 0.141. The van der Waals surface area contributed by atoms with Crippen molar-refractivity contribution in [3.05, 3.63) is 71.3 Å². The second-order valence-electron chi connectivity index (χ2n) is 9.36. The average molecular weight is 394 g/mol. The Balaban J connectivity index is 1.43. The minimum Gasteiger partial charge on any atom is -0.392 e. The SMILES string of the molecule is Cc1cccc(CC=CC=C[C@@H]2[C@H]3CC(CCCCCN(C)C)=C[C@H]3C[C@H]2O)c1. The number of aliphatic hydroxyl groups is 1. The van der Waals surface area contributed by atoms with Crippen LogP contribution in [0.4, 0.5) is 0 Å². The molecule has 2 aliphatic rings. The highest BCUT2D eigenvalue weighted by molar-refractivity contribution is 5.25. The van der Waals surface area contributed by atoms with Gasteiger partial charge in [0.2, 0.25) is 0 Å². The van der Waals surface area contributed by atoms with Gasteiger partial charge in [0.1, 0.15) is 0 Å². The molecule has 2 heteroatoms. The number of fused-ring (bicyclic) bond motifs is 1. The maximum Gasteiger partial charge on any atom is 0.0611 e. The molecule has 0 unspecified atom stereocenters. The minimum atomic E-state index is -0.177. The van der Waals surface area contributed by atoms with Gasteiger partial charge in [-0.25, -0.2) is 0 Å². The average Bonchev–Trinajstić information content (AvgIpc) is 3.18. The predicted molar refractivity (Wildman–Crippen MR) is 124 cm³/mol. The second-order valence-corrected chi connectivity index (χ2v) is 9.36. The molecule has 0 heterocycles. The molecule has 2 aliphatic carbocycles. The van der Waals surface area contributed by atoms with Crippen LogP contribution in [0.25, 0.3) is 0 Å².